The van der Waals surface area contributed by atoms with E-state index in [1.54, 1.807) is 0 Å². The maximum absolute atomic E-state index is 12.0. The second-order valence-electron chi connectivity index (χ2n) is 16.4. The molecule has 7 fully saturated rings. The lowest BCUT2D eigenvalue weighted by Gasteiger charge is -2.19. The second-order valence-corrected chi connectivity index (χ2v) is 18.4. The molecule has 21 nitrogen and oxygen atoms in total. The van der Waals surface area contributed by atoms with Gasteiger partial charge in [0, 0.05) is 39.3 Å². The Morgan fingerprint density at radius 1 is 0.672 bits per heavy atom. The van der Waals surface area contributed by atoms with Crippen LogP contribution < -0.4 is 22.1 Å². The van der Waals surface area contributed by atoms with Gasteiger partial charge in [-0.15, -0.1) is 35.9 Å². The lowest BCUT2D eigenvalue weighted by atomic mass is 10.00. The van der Waals surface area contributed by atoms with Crippen molar-refractivity contribution >= 4 is 101 Å². The third kappa shape index (κ3) is 17.2. The Morgan fingerprint density at radius 3 is 1.48 bits per heavy atom. The number of aliphatic carboxylic acids is 1. The number of hydrogen-bond donors (Lipinski definition) is 5. The van der Waals surface area contributed by atoms with Gasteiger partial charge in [-0.25, -0.2) is 4.79 Å². The van der Waals surface area contributed by atoms with Crippen molar-refractivity contribution in [3.8, 4) is 0 Å². The van der Waals surface area contributed by atoms with Crippen molar-refractivity contribution in [2.45, 2.75) is 84.2 Å². The summed E-state index contributed by atoms with van der Waals surface area (Å²) in [5.41, 5.74) is 10.1. The van der Waals surface area contributed by atoms with Crippen molar-refractivity contribution in [3.63, 3.8) is 0 Å². The number of carboxylic acids is 1. The highest BCUT2D eigenvalue weighted by atomic mass is 35.5. The first kappa shape index (κ1) is 55.8. The summed E-state index contributed by atoms with van der Waals surface area (Å²) >= 11 is 2.29. The number of halogens is 1. The molecule has 6 amide bonds. The van der Waals surface area contributed by atoms with Crippen LogP contribution in [-0.2, 0) is 62.2 Å². The number of nitrogens with one attached hydrogen (secondary N) is 2. The van der Waals surface area contributed by atoms with Crippen LogP contribution in [0.5, 0.6) is 0 Å². The molecule has 7 aliphatic rings. The Balaban J connectivity index is 0.000000286. The van der Waals surface area contributed by atoms with Gasteiger partial charge in [-0.05, 0) is 59.3 Å². The van der Waals surface area contributed by atoms with Crippen LogP contribution in [0.3, 0.4) is 0 Å². The maximum Gasteiger partial charge on any atom is 0.407 e. The fourth-order valence-electron chi connectivity index (χ4n) is 7.95. The molecule has 0 radical (unpaired) electrons. The van der Waals surface area contributed by atoms with E-state index in [0.717, 1.165) is 69.5 Å². The maximum atomic E-state index is 12.0. The summed E-state index contributed by atoms with van der Waals surface area (Å²) in [6.45, 7) is 7.50. The number of nitrogens with zero attached hydrogens (tertiary/aromatic N) is 2. The standard InChI is InChI=1S/C13H18N2O5S.C9H14N2O2.C7H16N2O2.C7H8O3.C4H4O3S.ClH/c16-10(6-21-7-11(17)18)14-4-5-15-12(19)8-2-1-3-9(8)13(15)20;10-4-5-11-8(12)6-2-1-3-7(6)9(11)13;1-7(2,3)11-6(10)9-5-4-8;8-6-4-2-1-3-5(4)7(9)10-6;5-3-1-8-2-4(6)7-3;/h8-9H,1-7H2,(H,14,16)(H,17,18);6-7H,1-5,10H2;4-5,8H2,1-3H3,(H,9,10);4-5H,1-3H2;1-2H2;1H/t8-,9+;6-,7+;;4-,5+;;. The molecule has 0 spiro atoms. The van der Waals surface area contributed by atoms with E-state index in [0.29, 0.717) is 37.7 Å². The smallest absolute Gasteiger partial charge is 0.407 e. The minimum absolute atomic E-state index is 0. The van der Waals surface area contributed by atoms with E-state index in [4.69, 9.17) is 21.3 Å². The summed E-state index contributed by atoms with van der Waals surface area (Å²) in [7, 11) is 0. The monoisotopic (exact) mass is 964 g/mol. The van der Waals surface area contributed by atoms with Crippen molar-refractivity contribution in [2.24, 2.45) is 47.0 Å². The first-order chi connectivity index (χ1) is 29.8. The lowest BCUT2D eigenvalue weighted by molar-refractivity contribution is -0.157. The number of thioether (sulfide) groups is 2. The molecule has 0 aromatic carbocycles. The van der Waals surface area contributed by atoms with Crippen molar-refractivity contribution in [3.05, 3.63) is 0 Å². The number of imide groups is 2. The summed E-state index contributed by atoms with van der Waals surface area (Å²) < 4.78 is 13.6. The number of ether oxygens (including phenoxy) is 3. The highest BCUT2D eigenvalue weighted by Gasteiger charge is 2.50. The predicted octanol–water partition coefficient (Wildman–Crippen LogP) is 0.616. The zero-order valence-corrected chi connectivity index (χ0v) is 38.8. The number of nitrogens with two attached hydrogens (primary N) is 2. The molecule has 0 unspecified atom stereocenters. The van der Waals surface area contributed by atoms with E-state index in [-0.39, 0.29) is 114 Å². The zero-order chi connectivity index (χ0) is 46.9. The number of carboxylic acid groups (broad SMARTS) is 1. The Hall–Kier alpha value is -4.32. The number of amides is 6. The zero-order valence-electron chi connectivity index (χ0n) is 36.3. The summed E-state index contributed by atoms with van der Waals surface area (Å²) in [5, 5.41) is 13.5. The van der Waals surface area contributed by atoms with E-state index in [9.17, 15) is 52.7 Å². The molecule has 64 heavy (non-hydrogen) atoms. The topological polar surface area (TPSA) is 318 Å². The molecule has 360 valence electrons. The van der Waals surface area contributed by atoms with Gasteiger partial charge in [0.1, 0.15) is 5.60 Å². The summed E-state index contributed by atoms with van der Waals surface area (Å²) in [4.78, 5) is 125. The summed E-state index contributed by atoms with van der Waals surface area (Å²) in [5.74, 6) is -2.87. The largest absolute Gasteiger partial charge is 0.481 e. The van der Waals surface area contributed by atoms with Gasteiger partial charge in [-0.3, -0.25) is 57.7 Å². The molecule has 3 aliphatic carbocycles. The van der Waals surface area contributed by atoms with Crippen LogP contribution in [0.25, 0.3) is 0 Å². The molecule has 4 heterocycles. The molecule has 0 aromatic heterocycles. The van der Waals surface area contributed by atoms with Crippen molar-refractivity contribution in [1.82, 2.24) is 20.4 Å². The number of carbonyl (C=O) groups excluding carboxylic acids is 10. The quantitative estimate of drug-likeness (QED) is 0.0820. The van der Waals surface area contributed by atoms with Gasteiger partial charge >= 0.3 is 35.9 Å². The van der Waals surface area contributed by atoms with E-state index < -0.39 is 29.6 Å². The molecule has 6 atom stereocenters. The van der Waals surface area contributed by atoms with Crippen LogP contribution in [0.4, 0.5) is 4.79 Å². The molecule has 3 saturated carbocycles. The van der Waals surface area contributed by atoms with Crippen LogP contribution >= 0.6 is 35.9 Å². The minimum Gasteiger partial charge on any atom is -0.481 e. The highest BCUT2D eigenvalue weighted by Crippen LogP contribution is 2.41. The number of fused-ring (bicyclic) bond motifs is 3. The number of hydrogen-bond acceptors (Lipinski definition) is 18. The van der Waals surface area contributed by atoms with E-state index in [2.05, 4.69) is 20.1 Å². The summed E-state index contributed by atoms with van der Waals surface area (Å²) in [6, 6.07) is 0. The Bertz CT molecular complexity index is 1650. The number of esters is 4. The first-order valence-corrected chi connectivity index (χ1v) is 23.3. The van der Waals surface area contributed by atoms with Gasteiger partial charge in [-0.1, -0.05) is 19.3 Å². The molecular formula is C40H61ClN6O15S2. The Labute approximate surface area is 386 Å². The van der Waals surface area contributed by atoms with E-state index in [1.807, 2.05) is 20.8 Å². The number of rotatable bonds is 11. The van der Waals surface area contributed by atoms with Gasteiger partial charge in [0.2, 0.25) is 29.5 Å². The first-order valence-electron chi connectivity index (χ1n) is 21.0. The van der Waals surface area contributed by atoms with Gasteiger partial charge in [0.15, 0.2) is 0 Å². The Kier molecular flexibility index (Phi) is 23.7. The van der Waals surface area contributed by atoms with Crippen molar-refractivity contribution in [1.29, 1.82) is 0 Å². The fourth-order valence-corrected chi connectivity index (χ4v) is 9.06. The predicted molar refractivity (Wildman–Crippen MR) is 233 cm³/mol. The van der Waals surface area contributed by atoms with Crippen LogP contribution in [0, 0.1) is 35.5 Å². The third-order valence-corrected chi connectivity index (χ3v) is 12.4. The SMILES string of the molecule is CC(C)(C)OC(=O)NCCN.Cl.NCCN1C(=O)[C@H]2CCC[C@H]2C1=O.O=C(O)CSCC(=O)NCCN1C(=O)[C@H]2CCC[C@H]2C1=O.O=C1CSCC(=O)O1.O=C1OC(=O)[C@@H]2CCC[C@H]12. The number of likely N-dealkylation sites (tertiary alicyclic amines) is 2. The van der Waals surface area contributed by atoms with Gasteiger partial charge in [0.25, 0.3) is 0 Å². The second kappa shape index (κ2) is 27.2. The number of cyclic esters (lactones) is 4. The van der Waals surface area contributed by atoms with Crippen LogP contribution in [-0.4, -0.2) is 148 Å². The normalized spacial score (nSPS) is 25.0. The lowest BCUT2D eigenvalue weighted by Crippen LogP contribution is -2.39. The van der Waals surface area contributed by atoms with Crippen molar-refractivity contribution < 1.29 is 72.1 Å². The molecule has 7 rings (SSSR count). The van der Waals surface area contributed by atoms with Gasteiger partial charge < -0.3 is 41.4 Å². The molecule has 4 aliphatic heterocycles. The molecule has 4 saturated heterocycles. The van der Waals surface area contributed by atoms with Gasteiger partial charge in [-0.2, -0.15) is 0 Å². The Morgan fingerprint density at radius 2 is 1.11 bits per heavy atom. The van der Waals surface area contributed by atoms with Crippen molar-refractivity contribution in [2.75, 3.05) is 62.3 Å². The molecule has 24 heteroatoms. The fraction of sp³-hybridized carbons (Fsp3) is 0.725. The molecule has 0 aromatic rings. The summed E-state index contributed by atoms with van der Waals surface area (Å²) in [6.07, 6.45) is 7.55. The molecule has 0 bridgehead atoms. The highest BCUT2D eigenvalue weighted by molar-refractivity contribution is 8.00. The minimum atomic E-state index is -0.965. The van der Waals surface area contributed by atoms with Gasteiger partial charge in [0.05, 0.1) is 58.5 Å². The van der Waals surface area contributed by atoms with E-state index in [1.165, 1.54) is 21.6 Å². The number of alkyl carbamates (subject to hydrolysis) is 1. The third-order valence-electron chi connectivity index (χ3n) is 10.6. The number of carbonyl (C=O) groups is 11. The van der Waals surface area contributed by atoms with Crippen LogP contribution in [0.2, 0.25) is 0 Å². The van der Waals surface area contributed by atoms with Crippen LogP contribution in [0.1, 0.15) is 78.6 Å². The van der Waals surface area contributed by atoms with E-state index >= 15 is 0 Å². The van der Waals surface area contributed by atoms with Crippen LogP contribution in [0.15, 0.2) is 0 Å². The molecule has 7 N–H and O–H groups in total. The average molecular weight is 966 g/mol. The average Bonchev–Trinajstić information content (AvgIpc) is 4.07. The molecular weight excluding hydrogens is 904 g/mol.